The summed E-state index contributed by atoms with van der Waals surface area (Å²) in [4.78, 5) is 24.5. The Kier molecular flexibility index (Phi) is 7.69. The maximum absolute atomic E-state index is 13.1. The van der Waals surface area contributed by atoms with Crippen LogP contribution in [0.1, 0.15) is 37.3 Å². The number of nitrogens with zero attached hydrogens (tertiary/aromatic N) is 5. The van der Waals surface area contributed by atoms with Crippen LogP contribution in [-0.4, -0.2) is 84.1 Å². The Morgan fingerprint density at radius 1 is 1.02 bits per heavy atom. The second-order valence-corrected chi connectivity index (χ2v) is 12.9. The van der Waals surface area contributed by atoms with Gasteiger partial charge >= 0.3 is 0 Å². The molecule has 0 aliphatic carbocycles. The lowest BCUT2D eigenvalue weighted by molar-refractivity contribution is -0.141. The molecule has 0 unspecified atom stereocenters. The molecule has 5 heterocycles. The summed E-state index contributed by atoms with van der Waals surface area (Å²) in [6.45, 7) is 0.784. The molecule has 2 fully saturated rings. The summed E-state index contributed by atoms with van der Waals surface area (Å²) < 4.78 is 38.0. The number of anilines is 1. The molecule has 4 aromatic rings. The van der Waals surface area contributed by atoms with E-state index in [4.69, 9.17) is 20.2 Å². The number of rotatable bonds is 9. The minimum absolute atomic E-state index is 0.00303. The molecule has 0 saturated carbocycles. The van der Waals surface area contributed by atoms with Crippen molar-refractivity contribution in [2.45, 2.75) is 48.6 Å². The van der Waals surface area contributed by atoms with Gasteiger partial charge in [0.05, 0.1) is 30.8 Å². The van der Waals surface area contributed by atoms with E-state index in [0.29, 0.717) is 43.0 Å². The van der Waals surface area contributed by atoms with Gasteiger partial charge in [-0.25, -0.2) is 13.4 Å². The van der Waals surface area contributed by atoms with Crippen LogP contribution in [0.4, 0.5) is 5.82 Å². The minimum atomic E-state index is -3.73. The first kappa shape index (κ1) is 28.3. The molecule has 12 heteroatoms. The number of nitrogen functional groups attached to an aromatic ring is 1. The number of carbonyl (C=O) groups excluding carboxylic acids is 1. The van der Waals surface area contributed by atoms with Crippen LogP contribution >= 0.6 is 0 Å². The molecule has 1 amide bonds. The second kappa shape index (κ2) is 11.4. The van der Waals surface area contributed by atoms with Crippen molar-refractivity contribution >= 4 is 27.2 Å². The Bertz CT molecular complexity index is 1690. The van der Waals surface area contributed by atoms with E-state index < -0.39 is 9.84 Å². The number of ether oxygens (including phenoxy) is 2. The van der Waals surface area contributed by atoms with Crippen LogP contribution in [0, 0.1) is 0 Å². The molecule has 2 aliphatic heterocycles. The topological polar surface area (TPSA) is 142 Å². The summed E-state index contributed by atoms with van der Waals surface area (Å²) in [6.07, 6.45) is 7.46. The van der Waals surface area contributed by atoms with Crippen LogP contribution in [0.5, 0.6) is 0 Å². The number of hydrogen-bond donors (Lipinski definition) is 1. The van der Waals surface area contributed by atoms with E-state index in [2.05, 4.69) is 10.1 Å². The lowest BCUT2D eigenvalue weighted by Gasteiger charge is -2.39. The van der Waals surface area contributed by atoms with Crippen molar-refractivity contribution < 1.29 is 22.7 Å². The van der Waals surface area contributed by atoms with E-state index in [9.17, 15) is 13.2 Å². The summed E-state index contributed by atoms with van der Waals surface area (Å²) in [5.74, 6) is -0.192. The van der Waals surface area contributed by atoms with Crippen molar-refractivity contribution in [1.29, 1.82) is 0 Å². The monoisotopic (exact) mass is 590 g/mol. The molecule has 0 spiro atoms. The standard InChI is InChI=1S/C30H34N6O5S/c1-40-12-13-41-18-26(37)35-22-9-10-23(35)15-21(14-22)27-28(42(2,38)39)29(31)36-30(34-27)24(17-33-36)20-8-11-25(32-16-20)19-6-4-3-5-7-19/h3-8,11,16-17,21-23H,9-10,12-15,18,31H2,1-2H3/t21-,22+,23-. The number of sulfone groups is 1. The molecule has 3 atom stereocenters. The maximum atomic E-state index is 13.1. The molecule has 2 N–H and O–H groups in total. The average Bonchev–Trinajstić information content (AvgIpc) is 3.53. The van der Waals surface area contributed by atoms with E-state index >= 15 is 0 Å². The van der Waals surface area contributed by atoms with Crippen LogP contribution in [0.25, 0.3) is 28.0 Å². The molecule has 1 aromatic carbocycles. The Morgan fingerprint density at radius 2 is 1.76 bits per heavy atom. The third-order valence-electron chi connectivity index (χ3n) is 8.24. The van der Waals surface area contributed by atoms with Gasteiger partial charge in [-0.05, 0) is 31.7 Å². The molecule has 2 aliphatic rings. The summed E-state index contributed by atoms with van der Waals surface area (Å²) in [7, 11) is -2.14. The normalized spacial score (nSPS) is 20.3. The van der Waals surface area contributed by atoms with E-state index in [1.54, 1.807) is 19.5 Å². The lowest BCUT2D eigenvalue weighted by Crippen LogP contribution is -2.47. The van der Waals surface area contributed by atoms with Gasteiger partial charge in [-0.15, -0.1) is 0 Å². The van der Waals surface area contributed by atoms with E-state index in [1.165, 1.54) is 4.52 Å². The number of piperidine rings is 1. The van der Waals surface area contributed by atoms with Gasteiger partial charge < -0.3 is 20.1 Å². The summed E-state index contributed by atoms with van der Waals surface area (Å²) in [6, 6.07) is 13.7. The highest BCUT2D eigenvalue weighted by Gasteiger charge is 2.45. The number of methoxy groups -OCH3 is 1. The Hall–Kier alpha value is -3.87. The Labute approximate surface area is 244 Å². The quantitative estimate of drug-likeness (QED) is 0.290. The zero-order chi connectivity index (χ0) is 29.4. The molecule has 2 saturated heterocycles. The highest BCUT2D eigenvalue weighted by molar-refractivity contribution is 7.91. The van der Waals surface area contributed by atoms with Gasteiger partial charge in [-0.2, -0.15) is 9.61 Å². The van der Waals surface area contributed by atoms with E-state index in [1.807, 2.05) is 47.4 Å². The number of fused-ring (bicyclic) bond motifs is 3. The number of nitrogens with two attached hydrogens (primary N) is 1. The Balaban J connectivity index is 1.34. The van der Waals surface area contributed by atoms with Crippen molar-refractivity contribution in [3.05, 3.63) is 60.6 Å². The first-order chi connectivity index (χ1) is 20.3. The molecule has 2 bridgehead atoms. The fourth-order valence-electron chi connectivity index (χ4n) is 6.40. The summed E-state index contributed by atoms with van der Waals surface area (Å²) >= 11 is 0. The minimum Gasteiger partial charge on any atom is -0.382 e. The number of amides is 1. The van der Waals surface area contributed by atoms with Crippen LogP contribution in [-0.2, 0) is 24.1 Å². The van der Waals surface area contributed by atoms with Gasteiger partial charge in [0.15, 0.2) is 15.5 Å². The van der Waals surface area contributed by atoms with Gasteiger partial charge in [-0.3, -0.25) is 9.78 Å². The van der Waals surface area contributed by atoms with Gasteiger partial charge in [0.1, 0.15) is 17.3 Å². The lowest BCUT2D eigenvalue weighted by atomic mass is 9.87. The SMILES string of the molecule is COCCOCC(=O)N1[C@@H]2CC[C@H]1C[C@@H](c1nc3c(-c4ccc(-c5ccccc5)nc4)cnn3c(N)c1S(C)(=O)=O)C2. The smallest absolute Gasteiger partial charge is 0.249 e. The van der Waals surface area contributed by atoms with E-state index in [-0.39, 0.29) is 41.2 Å². The van der Waals surface area contributed by atoms with Crippen molar-refractivity contribution in [1.82, 2.24) is 24.5 Å². The van der Waals surface area contributed by atoms with Crippen LogP contribution in [0.3, 0.4) is 0 Å². The highest BCUT2D eigenvalue weighted by Crippen LogP contribution is 2.45. The van der Waals surface area contributed by atoms with Gasteiger partial charge in [0.2, 0.25) is 5.91 Å². The molecule has 6 rings (SSSR count). The van der Waals surface area contributed by atoms with E-state index in [0.717, 1.165) is 35.9 Å². The summed E-state index contributed by atoms with van der Waals surface area (Å²) in [5.41, 5.74) is 10.8. The fraction of sp³-hybridized carbons (Fsp3) is 0.400. The van der Waals surface area contributed by atoms with Crippen molar-refractivity contribution in [2.24, 2.45) is 0 Å². The van der Waals surface area contributed by atoms with Crippen molar-refractivity contribution in [3.63, 3.8) is 0 Å². The average molecular weight is 591 g/mol. The number of carbonyl (C=O) groups is 1. The number of benzene rings is 1. The van der Waals surface area contributed by atoms with Crippen LogP contribution < -0.4 is 5.73 Å². The van der Waals surface area contributed by atoms with Gasteiger partial charge in [-0.1, -0.05) is 36.4 Å². The predicted octanol–water partition coefficient (Wildman–Crippen LogP) is 3.34. The number of hydrogen-bond acceptors (Lipinski definition) is 9. The first-order valence-electron chi connectivity index (χ1n) is 14.0. The van der Waals surface area contributed by atoms with Gasteiger partial charge in [0.25, 0.3) is 0 Å². The molecule has 42 heavy (non-hydrogen) atoms. The second-order valence-electron chi connectivity index (χ2n) is 11.0. The van der Waals surface area contributed by atoms with Crippen molar-refractivity contribution in [2.75, 3.05) is 38.9 Å². The number of pyridine rings is 1. The molecule has 11 nitrogen and oxygen atoms in total. The largest absolute Gasteiger partial charge is 0.382 e. The van der Waals surface area contributed by atoms with Crippen LogP contribution in [0.2, 0.25) is 0 Å². The number of aromatic nitrogens is 4. The third kappa shape index (κ3) is 5.25. The van der Waals surface area contributed by atoms with Crippen LogP contribution in [0.15, 0.2) is 59.8 Å². The Morgan fingerprint density at radius 3 is 2.40 bits per heavy atom. The van der Waals surface area contributed by atoms with Crippen molar-refractivity contribution in [3.8, 4) is 22.4 Å². The predicted molar refractivity (Wildman–Crippen MR) is 158 cm³/mol. The zero-order valence-electron chi connectivity index (χ0n) is 23.6. The fourth-order valence-corrected chi connectivity index (χ4v) is 7.45. The first-order valence-corrected chi connectivity index (χ1v) is 15.9. The third-order valence-corrected chi connectivity index (χ3v) is 9.40. The molecule has 0 radical (unpaired) electrons. The zero-order valence-corrected chi connectivity index (χ0v) is 24.5. The maximum Gasteiger partial charge on any atom is 0.249 e. The molecule has 3 aromatic heterocycles. The highest BCUT2D eigenvalue weighted by atomic mass is 32.2. The summed E-state index contributed by atoms with van der Waals surface area (Å²) in [5, 5.41) is 4.42. The van der Waals surface area contributed by atoms with Gasteiger partial charge in [0, 0.05) is 54.3 Å². The molecular formula is C30H34N6O5S. The molecular weight excluding hydrogens is 556 g/mol. The molecule has 220 valence electrons.